The molecule has 0 aliphatic rings. The number of nitrogens with one attached hydrogen (secondary N) is 1. The van der Waals surface area contributed by atoms with Crippen molar-refractivity contribution in [3.8, 4) is 0 Å². The maximum Gasteiger partial charge on any atom is 0.339 e. The fourth-order valence-corrected chi connectivity index (χ4v) is 4.32. The molecule has 0 spiro atoms. The van der Waals surface area contributed by atoms with E-state index in [9.17, 15) is 9.59 Å². The van der Waals surface area contributed by atoms with Gasteiger partial charge in [0.2, 0.25) is 0 Å². The number of amides is 1. The Balaban J connectivity index is 1.46. The number of carbonyl (C=O) groups excluding carboxylic acids is 2. The van der Waals surface area contributed by atoms with Gasteiger partial charge in [-0.2, -0.15) is 5.10 Å². The second-order valence-corrected chi connectivity index (χ2v) is 8.37. The van der Waals surface area contributed by atoms with Gasteiger partial charge < -0.3 is 10.1 Å². The van der Waals surface area contributed by atoms with Crippen LogP contribution >= 0.6 is 11.8 Å². The average Bonchev–Trinajstić information content (AvgIpc) is 3.06. The lowest BCUT2D eigenvalue weighted by Crippen LogP contribution is -2.21. The zero-order chi connectivity index (χ0) is 22.7. The molecular formula is C24H22N4O3S. The molecule has 0 aliphatic heterocycles. The van der Waals surface area contributed by atoms with E-state index in [0.717, 1.165) is 9.79 Å². The van der Waals surface area contributed by atoms with Crippen molar-refractivity contribution < 1.29 is 14.3 Å². The van der Waals surface area contributed by atoms with Crippen LogP contribution in [0.1, 0.15) is 21.7 Å². The zero-order valence-electron chi connectivity index (χ0n) is 18.0. The van der Waals surface area contributed by atoms with Crippen molar-refractivity contribution in [2.24, 2.45) is 7.05 Å². The first-order chi connectivity index (χ1) is 15.4. The Hall–Kier alpha value is -3.65. The summed E-state index contributed by atoms with van der Waals surface area (Å²) in [6.07, 6.45) is 0. The number of fused-ring (bicyclic) bond motifs is 1. The summed E-state index contributed by atoms with van der Waals surface area (Å²) in [4.78, 5) is 31.7. The third-order valence-electron chi connectivity index (χ3n) is 4.78. The summed E-state index contributed by atoms with van der Waals surface area (Å²) in [5.41, 5.74) is 2.96. The third-order valence-corrected chi connectivity index (χ3v) is 5.87. The van der Waals surface area contributed by atoms with E-state index in [-0.39, 0.29) is 0 Å². The molecule has 2 aromatic carbocycles. The van der Waals surface area contributed by atoms with Crippen LogP contribution in [0.2, 0.25) is 0 Å². The van der Waals surface area contributed by atoms with E-state index in [2.05, 4.69) is 15.4 Å². The second kappa shape index (κ2) is 9.23. The molecular weight excluding hydrogens is 424 g/mol. The molecule has 2 aromatic heterocycles. The van der Waals surface area contributed by atoms with E-state index >= 15 is 0 Å². The summed E-state index contributed by atoms with van der Waals surface area (Å²) in [6.45, 7) is 3.21. The first-order valence-electron chi connectivity index (χ1n) is 10.0. The molecule has 0 unspecified atom stereocenters. The van der Waals surface area contributed by atoms with E-state index in [1.165, 1.54) is 0 Å². The molecule has 4 rings (SSSR count). The van der Waals surface area contributed by atoms with Crippen LogP contribution < -0.4 is 5.32 Å². The fraction of sp³-hybridized carbons (Fsp3) is 0.167. The van der Waals surface area contributed by atoms with Crippen molar-refractivity contribution in [1.82, 2.24) is 14.8 Å². The van der Waals surface area contributed by atoms with Crippen molar-refractivity contribution in [1.29, 1.82) is 0 Å². The SMILES string of the molecule is Cc1cc(C(=O)OCC(=O)Nc2ccccc2Sc2ccccc2)c2c(C)nn(C)c2n1. The first kappa shape index (κ1) is 21.6. The van der Waals surface area contributed by atoms with Crippen molar-refractivity contribution in [2.45, 2.75) is 23.6 Å². The monoisotopic (exact) mass is 446 g/mol. The predicted octanol–water partition coefficient (Wildman–Crippen LogP) is 4.53. The highest BCUT2D eigenvalue weighted by Gasteiger charge is 2.20. The van der Waals surface area contributed by atoms with Crippen LogP contribution in [0.25, 0.3) is 11.0 Å². The molecule has 1 amide bonds. The van der Waals surface area contributed by atoms with Crippen molar-refractivity contribution in [3.05, 3.63) is 77.6 Å². The van der Waals surface area contributed by atoms with Gasteiger partial charge in [-0.05, 0) is 44.2 Å². The minimum Gasteiger partial charge on any atom is -0.452 e. The summed E-state index contributed by atoms with van der Waals surface area (Å²) in [6, 6.07) is 19.1. The maximum absolute atomic E-state index is 12.8. The van der Waals surface area contributed by atoms with Gasteiger partial charge in [-0.15, -0.1) is 0 Å². The summed E-state index contributed by atoms with van der Waals surface area (Å²) in [5.74, 6) is -0.997. The minimum absolute atomic E-state index is 0.353. The molecule has 0 fully saturated rings. The number of pyridine rings is 1. The summed E-state index contributed by atoms with van der Waals surface area (Å²) < 4.78 is 6.95. The number of carbonyl (C=O) groups is 2. The van der Waals surface area contributed by atoms with Crippen molar-refractivity contribution >= 4 is 40.4 Å². The summed E-state index contributed by atoms with van der Waals surface area (Å²) >= 11 is 1.55. The van der Waals surface area contributed by atoms with Gasteiger partial charge in [-0.1, -0.05) is 42.1 Å². The molecule has 8 heteroatoms. The predicted molar refractivity (Wildman–Crippen MR) is 124 cm³/mol. The van der Waals surface area contributed by atoms with Crippen molar-refractivity contribution in [2.75, 3.05) is 11.9 Å². The lowest BCUT2D eigenvalue weighted by atomic mass is 10.1. The summed E-state index contributed by atoms with van der Waals surface area (Å²) in [5, 5.41) is 7.80. The van der Waals surface area contributed by atoms with E-state index in [0.29, 0.717) is 33.7 Å². The molecule has 0 saturated carbocycles. The Morgan fingerprint density at radius 3 is 2.56 bits per heavy atom. The highest BCUT2D eigenvalue weighted by Crippen LogP contribution is 2.33. The maximum atomic E-state index is 12.8. The van der Waals surface area contributed by atoms with Gasteiger partial charge in [-0.25, -0.2) is 9.78 Å². The number of anilines is 1. The smallest absolute Gasteiger partial charge is 0.339 e. The molecule has 0 radical (unpaired) electrons. The van der Waals surface area contributed by atoms with Gasteiger partial charge in [0.25, 0.3) is 5.91 Å². The fourth-order valence-electron chi connectivity index (χ4n) is 3.40. The topological polar surface area (TPSA) is 86.1 Å². The van der Waals surface area contributed by atoms with Crippen LogP contribution in [0.3, 0.4) is 0 Å². The number of ether oxygens (including phenoxy) is 1. The quantitative estimate of drug-likeness (QED) is 0.438. The van der Waals surface area contributed by atoms with E-state index in [4.69, 9.17) is 4.74 Å². The van der Waals surface area contributed by atoms with Crippen LogP contribution in [0.4, 0.5) is 5.69 Å². The van der Waals surface area contributed by atoms with Gasteiger partial charge in [-0.3, -0.25) is 9.48 Å². The van der Waals surface area contributed by atoms with Gasteiger partial charge >= 0.3 is 5.97 Å². The molecule has 0 atom stereocenters. The van der Waals surface area contributed by atoms with Crippen LogP contribution in [0.15, 0.2) is 70.5 Å². The van der Waals surface area contributed by atoms with Crippen LogP contribution in [0, 0.1) is 13.8 Å². The normalized spacial score (nSPS) is 10.8. The van der Waals surface area contributed by atoms with E-state index < -0.39 is 18.5 Å². The molecule has 0 aliphatic carbocycles. The number of esters is 1. The molecule has 4 aromatic rings. The highest BCUT2D eigenvalue weighted by molar-refractivity contribution is 7.99. The van der Waals surface area contributed by atoms with Crippen LogP contribution in [0.5, 0.6) is 0 Å². The number of aryl methyl sites for hydroxylation is 3. The molecule has 2 heterocycles. The third kappa shape index (κ3) is 4.65. The number of nitrogens with zero attached hydrogens (tertiary/aromatic N) is 3. The first-order valence-corrected chi connectivity index (χ1v) is 10.8. The van der Waals surface area contributed by atoms with Crippen LogP contribution in [-0.2, 0) is 16.6 Å². The van der Waals surface area contributed by atoms with Gasteiger partial charge in [0.05, 0.1) is 22.3 Å². The Kier molecular flexibility index (Phi) is 6.23. The molecule has 0 bridgehead atoms. The zero-order valence-corrected chi connectivity index (χ0v) is 18.8. The van der Waals surface area contributed by atoms with E-state index in [1.807, 2.05) is 61.5 Å². The van der Waals surface area contributed by atoms with Crippen molar-refractivity contribution in [3.63, 3.8) is 0 Å². The van der Waals surface area contributed by atoms with E-state index in [1.54, 1.807) is 36.5 Å². The molecule has 1 N–H and O–H groups in total. The second-order valence-electron chi connectivity index (χ2n) is 7.25. The standard InChI is InChI=1S/C24H22N4O3S/c1-15-13-18(22-16(2)27-28(3)23(22)25-15)24(30)31-14-21(29)26-19-11-7-8-12-20(19)32-17-9-5-4-6-10-17/h4-13H,14H2,1-3H3,(H,26,29). The molecule has 0 saturated heterocycles. The number of para-hydroxylation sites is 1. The Labute approximate surface area is 189 Å². The van der Waals surface area contributed by atoms with Gasteiger partial charge in [0.1, 0.15) is 0 Å². The molecule has 7 nitrogen and oxygen atoms in total. The number of aromatic nitrogens is 3. The lowest BCUT2D eigenvalue weighted by Gasteiger charge is -2.11. The van der Waals surface area contributed by atoms with Gasteiger partial charge in [0, 0.05) is 22.5 Å². The molecule has 32 heavy (non-hydrogen) atoms. The molecule has 162 valence electrons. The van der Waals surface area contributed by atoms with Gasteiger partial charge in [0.15, 0.2) is 12.3 Å². The Morgan fingerprint density at radius 1 is 1.06 bits per heavy atom. The number of rotatable bonds is 6. The minimum atomic E-state index is -0.585. The number of hydrogen-bond acceptors (Lipinski definition) is 6. The highest BCUT2D eigenvalue weighted by atomic mass is 32.2. The summed E-state index contributed by atoms with van der Waals surface area (Å²) in [7, 11) is 1.77. The Bertz CT molecular complexity index is 1300. The largest absolute Gasteiger partial charge is 0.452 e. The number of hydrogen-bond donors (Lipinski definition) is 1. The average molecular weight is 447 g/mol. The number of benzene rings is 2. The Morgan fingerprint density at radius 2 is 1.78 bits per heavy atom. The lowest BCUT2D eigenvalue weighted by molar-refractivity contribution is -0.119. The van der Waals surface area contributed by atoms with Crippen LogP contribution in [-0.4, -0.2) is 33.2 Å².